The third kappa shape index (κ3) is 5.72. The molecule has 0 fully saturated rings. The highest BCUT2D eigenvalue weighted by Crippen LogP contribution is 2.26. The van der Waals surface area contributed by atoms with Crippen LogP contribution in [0.25, 0.3) is 5.69 Å². The first-order chi connectivity index (χ1) is 13.9. The SMILES string of the molecule is CCN(C(=O)CSc1nnnn1-c1ccc(OC(F)(F)F)cc1)C1=CCCCC1. The summed E-state index contributed by atoms with van der Waals surface area (Å²) in [5, 5.41) is 11.8. The molecule has 0 saturated heterocycles. The van der Waals surface area contributed by atoms with Gasteiger partial charge in [-0.25, -0.2) is 0 Å². The van der Waals surface area contributed by atoms with Crippen molar-refractivity contribution in [3.05, 3.63) is 36.0 Å². The van der Waals surface area contributed by atoms with Gasteiger partial charge in [0.2, 0.25) is 11.1 Å². The van der Waals surface area contributed by atoms with Crippen LogP contribution in [0.5, 0.6) is 5.75 Å². The van der Waals surface area contributed by atoms with E-state index in [9.17, 15) is 18.0 Å². The van der Waals surface area contributed by atoms with Crippen molar-refractivity contribution in [2.24, 2.45) is 0 Å². The molecule has 1 aromatic heterocycles. The number of carbonyl (C=O) groups excluding carboxylic acids is 1. The average Bonchev–Trinajstić information content (AvgIpc) is 3.16. The number of carbonyl (C=O) groups is 1. The summed E-state index contributed by atoms with van der Waals surface area (Å²) in [5.74, 6) is -0.215. The van der Waals surface area contributed by atoms with Gasteiger partial charge in [-0.15, -0.1) is 18.3 Å². The number of alkyl halides is 3. The molecule has 0 radical (unpaired) electrons. The molecule has 29 heavy (non-hydrogen) atoms. The Kier molecular flexibility index (Phi) is 6.78. The molecule has 11 heteroatoms. The number of hydrogen-bond donors (Lipinski definition) is 0. The fourth-order valence-electron chi connectivity index (χ4n) is 3.03. The lowest BCUT2D eigenvalue weighted by Crippen LogP contribution is -2.32. The Hall–Kier alpha value is -2.56. The van der Waals surface area contributed by atoms with Crippen LogP contribution in [0.1, 0.15) is 32.6 Å². The Bertz CT molecular complexity index is 867. The van der Waals surface area contributed by atoms with E-state index in [1.54, 1.807) is 4.90 Å². The molecular formula is C18H20F3N5O2S. The Morgan fingerprint density at radius 1 is 1.28 bits per heavy atom. The van der Waals surface area contributed by atoms with Crippen molar-refractivity contribution in [3.63, 3.8) is 0 Å². The molecule has 7 nitrogen and oxygen atoms in total. The van der Waals surface area contributed by atoms with Crippen LogP contribution in [0.2, 0.25) is 0 Å². The summed E-state index contributed by atoms with van der Waals surface area (Å²) in [6.45, 7) is 2.53. The zero-order chi connectivity index (χ0) is 20.9. The Morgan fingerprint density at radius 2 is 2.03 bits per heavy atom. The van der Waals surface area contributed by atoms with Gasteiger partial charge in [0, 0.05) is 12.2 Å². The van der Waals surface area contributed by atoms with Crippen LogP contribution in [-0.4, -0.2) is 49.7 Å². The molecule has 3 rings (SSSR count). The topological polar surface area (TPSA) is 73.1 Å². The number of tetrazole rings is 1. The monoisotopic (exact) mass is 427 g/mol. The molecule has 0 unspecified atom stereocenters. The first-order valence-corrected chi connectivity index (χ1v) is 10.1. The normalized spacial score (nSPS) is 14.4. The van der Waals surface area contributed by atoms with Crippen LogP contribution in [-0.2, 0) is 4.79 Å². The number of aromatic nitrogens is 4. The minimum Gasteiger partial charge on any atom is -0.406 e. The van der Waals surface area contributed by atoms with Gasteiger partial charge in [-0.1, -0.05) is 17.8 Å². The molecule has 0 bridgehead atoms. The standard InChI is InChI=1S/C18H20F3N5O2S/c1-2-25(13-6-4-3-5-7-13)16(27)12-29-17-22-23-24-26(17)14-8-10-15(11-9-14)28-18(19,20)21/h6,8-11H,2-5,7,12H2,1H3. The van der Waals surface area contributed by atoms with Gasteiger partial charge in [0.05, 0.1) is 11.4 Å². The van der Waals surface area contributed by atoms with Crippen LogP contribution in [0.4, 0.5) is 13.2 Å². The second-order valence-corrected chi connectivity index (χ2v) is 7.23. The van der Waals surface area contributed by atoms with Gasteiger partial charge in [-0.2, -0.15) is 4.68 Å². The highest BCUT2D eigenvalue weighted by atomic mass is 32.2. The summed E-state index contributed by atoms with van der Waals surface area (Å²) in [6.07, 6.45) is 1.47. The number of benzene rings is 1. The predicted molar refractivity (Wildman–Crippen MR) is 100 cm³/mol. The number of nitrogens with zero attached hydrogens (tertiary/aromatic N) is 5. The molecule has 1 aliphatic rings. The third-order valence-electron chi connectivity index (χ3n) is 4.31. The summed E-state index contributed by atoms with van der Waals surface area (Å²) in [5.41, 5.74) is 1.52. The first kappa shape index (κ1) is 21.2. The molecule has 0 atom stereocenters. The first-order valence-electron chi connectivity index (χ1n) is 9.14. The Labute approximate surface area is 169 Å². The van der Waals surface area contributed by atoms with Crippen molar-refractivity contribution in [3.8, 4) is 11.4 Å². The molecular weight excluding hydrogens is 407 g/mol. The molecule has 156 valence electrons. The molecule has 1 aromatic carbocycles. The van der Waals surface area contributed by atoms with Crippen molar-refractivity contribution in [1.29, 1.82) is 0 Å². The quantitative estimate of drug-likeness (QED) is 0.623. The predicted octanol–water partition coefficient (Wildman–Crippen LogP) is 3.96. The molecule has 0 spiro atoms. The number of thioether (sulfide) groups is 1. The molecule has 1 amide bonds. The van der Waals surface area contributed by atoms with E-state index in [4.69, 9.17) is 0 Å². The van der Waals surface area contributed by atoms with Gasteiger partial charge in [-0.05, 0) is 67.3 Å². The Balaban J connectivity index is 1.65. The third-order valence-corrected chi connectivity index (χ3v) is 5.22. The number of amides is 1. The maximum absolute atomic E-state index is 12.7. The Morgan fingerprint density at radius 3 is 2.66 bits per heavy atom. The van der Waals surface area contributed by atoms with Crippen LogP contribution >= 0.6 is 11.8 Å². The summed E-state index contributed by atoms with van der Waals surface area (Å²) >= 11 is 1.18. The lowest BCUT2D eigenvalue weighted by Gasteiger charge is -2.26. The second kappa shape index (κ2) is 9.29. The fourth-order valence-corrected chi connectivity index (χ4v) is 3.80. The largest absolute Gasteiger partial charge is 0.573 e. The van der Waals surface area contributed by atoms with Gasteiger partial charge < -0.3 is 9.64 Å². The fraction of sp³-hybridized carbons (Fsp3) is 0.444. The maximum atomic E-state index is 12.7. The summed E-state index contributed by atoms with van der Waals surface area (Å²) in [6, 6.07) is 5.18. The minimum atomic E-state index is -4.75. The van der Waals surface area contributed by atoms with Crippen molar-refractivity contribution >= 4 is 17.7 Å². The zero-order valence-corrected chi connectivity index (χ0v) is 16.5. The smallest absolute Gasteiger partial charge is 0.406 e. The van der Waals surface area contributed by atoms with Crippen molar-refractivity contribution < 1.29 is 22.7 Å². The number of rotatable bonds is 7. The average molecular weight is 427 g/mol. The lowest BCUT2D eigenvalue weighted by atomic mass is 10.0. The molecule has 2 aromatic rings. The van der Waals surface area contributed by atoms with E-state index in [1.165, 1.54) is 40.7 Å². The van der Waals surface area contributed by atoms with Crippen molar-refractivity contribution in [2.45, 2.75) is 44.1 Å². The molecule has 0 N–H and O–H groups in total. The number of halogens is 3. The van der Waals surface area contributed by atoms with E-state index < -0.39 is 6.36 Å². The van der Waals surface area contributed by atoms with Gasteiger partial charge in [-0.3, -0.25) is 4.79 Å². The van der Waals surface area contributed by atoms with Gasteiger partial charge in [0.25, 0.3) is 0 Å². The minimum absolute atomic E-state index is 0.0332. The van der Waals surface area contributed by atoms with E-state index in [0.29, 0.717) is 17.4 Å². The van der Waals surface area contributed by atoms with Crippen LogP contribution < -0.4 is 4.74 Å². The van der Waals surface area contributed by atoms with E-state index in [2.05, 4.69) is 26.3 Å². The molecule has 1 aliphatic carbocycles. The van der Waals surface area contributed by atoms with Crippen LogP contribution in [0.3, 0.4) is 0 Å². The second-order valence-electron chi connectivity index (χ2n) is 6.28. The summed E-state index contributed by atoms with van der Waals surface area (Å²) in [4.78, 5) is 14.4. The maximum Gasteiger partial charge on any atom is 0.573 e. The molecule has 1 heterocycles. The summed E-state index contributed by atoms with van der Waals surface area (Å²) in [7, 11) is 0. The van der Waals surface area contributed by atoms with E-state index >= 15 is 0 Å². The zero-order valence-electron chi connectivity index (χ0n) is 15.7. The lowest BCUT2D eigenvalue weighted by molar-refractivity contribution is -0.274. The van der Waals surface area contributed by atoms with E-state index in [0.717, 1.165) is 31.4 Å². The van der Waals surface area contributed by atoms with Gasteiger partial charge in [0.1, 0.15) is 5.75 Å². The van der Waals surface area contributed by atoms with Crippen LogP contribution in [0.15, 0.2) is 41.2 Å². The van der Waals surface area contributed by atoms with Gasteiger partial charge >= 0.3 is 6.36 Å². The number of allylic oxidation sites excluding steroid dienone is 2. The number of ether oxygens (including phenoxy) is 1. The highest BCUT2D eigenvalue weighted by molar-refractivity contribution is 7.99. The van der Waals surface area contributed by atoms with Gasteiger partial charge in [0.15, 0.2) is 0 Å². The summed E-state index contributed by atoms with van der Waals surface area (Å²) < 4.78 is 42.1. The molecule has 0 aliphatic heterocycles. The van der Waals surface area contributed by atoms with Crippen molar-refractivity contribution in [2.75, 3.05) is 12.3 Å². The van der Waals surface area contributed by atoms with E-state index in [1.807, 2.05) is 6.92 Å². The van der Waals surface area contributed by atoms with Crippen LogP contribution in [0, 0.1) is 0 Å². The highest BCUT2D eigenvalue weighted by Gasteiger charge is 2.31. The molecule has 0 saturated carbocycles. The van der Waals surface area contributed by atoms with E-state index in [-0.39, 0.29) is 17.4 Å². The number of hydrogen-bond acceptors (Lipinski definition) is 6. The van der Waals surface area contributed by atoms with Crippen molar-refractivity contribution in [1.82, 2.24) is 25.1 Å².